The van der Waals surface area contributed by atoms with Gasteiger partial charge in [-0.3, -0.25) is 4.79 Å². The van der Waals surface area contributed by atoms with Crippen LogP contribution in [0.3, 0.4) is 0 Å². The van der Waals surface area contributed by atoms with E-state index in [0.717, 1.165) is 31.2 Å². The third kappa shape index (κ3) is 5.57. The number of rotatable bonds is 6. The Bertz CT molecular complexity index is 553. The number of amides is 1. The molecular formula is C18H24N2O3. The van der Waals surface area contributed by atoms with Gasteiger partial charge in [0.15, 0.2) is 6.61 Å². The molecule has 0 radical (unpaired) electrons. The number of aliphatic hydroxyl groups is 1. The van der Waals surface area contributed by atoms with Gasteiger partial charge in [0.2, 0.25) is 5.91 Å². The summed E-state index contributed by atoms with van der Waals surface area (Å²) >= 11 is 0. The SMILES string of the molecule is N#CCOc1cccc(CC(=O)NC2CCCCCC2CO)c1. The van der Waals surface area contributed by atoms with Crippen molar-refractivity contribution in [2.24, 2.45) is 5.92 Å². The molecule has 0 heterocycles. The van der Waals surface area contributed by atoms with E-state index in [4.69, 9.17) is 10.00 Å². The van der Waals surface area contributed by atoms with E-state index < -0.39 is 0 Å². The van der Waals surface area contributed by atoms with E-state index in [1.54, 1.807) is 12.1 Å². The molecule has 5 nitrogen and oxygen atoms in total. The van der Waals surface area contributed by atoms with Crippen molar-refractivity contribution in [1.29, 1.82) is 5.26 Å². The van der Waals surface area contributed by atoms with Crippen LogP contribution in [0.15, 0.2) is 24.3 Å². The normalized spacial score (nSPS) is 21.0. The maximum Gasteiger partial charge on any atom is 0.224 e. The average molecular weight is 316 g/mol. The first-order valence-corrected chi connectivity index (χ1v) is 8.22. The molecule has 2 rings (SSSR count). The predicted octanol–water partition coefficient (Wildman–Crippen LogP) is 2.19. The highest BCUT2D eigenvalue weighted by Crippen LogP contribution is 2.23. The topological polar surface area (TPSA) is 82.3 Å². The van der Waals surface area contributed by atoms with E-state index in [0.29, 0.717) is 5.75 Å². The van der Waals surface area contributed by atoms with E-state index >= 15 is 0 Å². The van der Waals surface area contributed by atoms with E-state index in [1.165, 1.54) is 6.42 Å². The minimum absolute atomic E-state index is 0.00406. The van der Waals surface area contributed by atoms with E-state index in [-0.39, 0.29) is 37.5 Å². The molecule has 0 bridgehead atoms. The van der Waals surface area contributed by atoms with Crippen molar-refractivity contribution in [3.8, 4) is 11.8 Å². The lowest BCUT2D eigenvalue weighted by Crippen LogP contribution is -2.41. The Morgan fingerprint density at radius 1 is 1.35 bits per heavy atom. The highest BCUT2D eigenvalue weighted by Gasteiger charge is 2.24. The fourth-order valence-corrected chi connectivity index (χ4v) is 3.10. The minimum Gasteiger partial charge on any atom is -0.479 e. The molecule has 2 N–H and O–H groups in total. The lowest BCUT2D eigenvalue weighted by atomic mass is 9.95. The molecule has 0 aromatic heterocycles. The molecule has 1 amide bonds. The number of nitrogens with one attached hydrogen (secondary N) is 1. The van der Waals surface area contributed by atoms with Crippen molar-refractivity contribution in [2.45, 2.75) is 44.6 Å². The van der Waals surface area contributed by atoms with Crippen LogP contribution in [0.2, 0.25) is 0 Å². The zero-order chi connectivity index (χ0) is 16.5. The second-order valence-corrected chi connectivity index (χ2v) is 6.03. The van der Waals surface area contributed by atoms with Crippen molar-refractivity contribution >= 4 is 5.91 Å². The number of carbonyl (C=O) groups is 1. The molecular weight excluding hydrogens is 292 g/mol. The molecule has 124 valence electrons. The van der Waals surface area contributed by atoms with Gasteiger partial charge in [0.25, 0.3) is 0 Å². The van der Waals surface area contributed by atoms with Crippen LogP contribution in [-0.4, -0.2) is 30.3 Å². The molecule has 1 fully saturated rings. The summed E-state index contributed by atoms with van der Waals surface area (Å²) in [4.78, 5) is 12.3. The number of carbonyl (C=O) groups excluding carboxylic acids is 1. The summed E-state index contributed by atoms with van der Waals surface area (Å²) in [6.07, 6.45) is 5.57. The number of ether oxygens (including phenoxy) is 1. The first-order valence-electron chi connectivity index (χ1n) is 8.22. The van der Waals surface area contributed by atoms with Crippen LogP contribution < -0.4 is 10.1 Å². The summed E-state index contributed by atoms with van der Waals surface area (Å²) in [5.41, 5.74) is 0.854. The van der Waals surface area contributed by atoms with Crippen LogP contribution in [0, 0.1) is 17.2 Å². The Kier molecular flexibility index (Phi) is 6.89. The summed E-state index contributed by atoms with van der Waals surface area (Å²) in [5.74, 6) is 0.721. The van der Waals surface area contributed by atoms with Gasteiger partial charge in [-0.1, -0.05) is 31.4 Å². The second kappa shape index (κ2) is 9.16. The molecule has 1 aliphatic carbocycles. The van der Waals surface area contributed by atoms with E-state index in [1.807, 2.05) is 18.2 Å². The van der Waals surface area contributed by atoms with Crippen LogP contribution in [0.25, 0.3) is 0 Å². The Labute approximate surface area is 137 Å². The number of nitrogens with zero attached hydrogens (tertiary/aromatic N) is 1. The van der Waals surface area contributed by atoms with Crippen LogP contribution in [0.1, 0.15) is 37.7 Å². The molecule has 2 unspecified atom stereocenters. The molecule has 1 saturated carbocycles. The van der Waals surface area contributed by atoms with Gasteiger partial charge in [0.1, 0.15) is 11.8 Å². The van der Waals surface area contributed by atoms with Crippen molar-refractivity contribution in [3.05, 3.63) is 29.8 Å². The quantitative estimate of drug-likeness (QED) is 0.788. The van der Waals surface area contributed by atoms with Crippen LogP contribution in [0.4, 0.5) is 0 Å². The summed E-state index contributed by atoms with van der Waals surface area (Å²) in [7, 11) is 0. The zero-order valence-electron chi connectivity index (χ0n) is 13.3. The zero-order valence-corrected chi connectivity index (χ0v) is 13.3. The van der Waals surface area contributed by atoms with E-state index in [2.05, 4.69) is 5.32 Å². The lowest BCUT2D eigenvalue weighted by Gasteiger charge is -2.24. The average Bonchev–Trinajstić information content (AvgIpc) is 2.78. The van der Waals surface area contributed by atoms with Gasteiger partial charge in [-0.05, 0) is 30.5 Å². The van der Waals surface area contributed by atoms with Gasteiger partial charge in [-0.2, -0.15) is 5.26 Å². The molecule has 5 heteroatoms. The van der Waals surface area contributed by atoms with Crippen molar-refractivity contribution < 1.29 is 14.6 Å². The first kappa shape index (κ1) is 17.3. The maximum atomic E-state index is 12.3. The lowest BCUT2D eigenvalue weighted by molar-refractivity contribution is -0.121. The number of benzene rings is 1. The molecule has 1 aliphatic rings. The Morgan fingerprint density at radius 3 is 2.96 bits per heavy atom. The van der Waals surface area contributed by atoms with Crippen molar-refractivity contribution in [3.63, 3.8) is 0 Å². The molecule has 2 atom stereocenters. The van der Waals surface area contributed by atoms with Crippen molar-refractivity contribution in [1.82, 2.24) is 5.32 Å². The highest BCUT2D eigenvalue weighted by molar-refractivity contribution is 5.79. The Hall–Kier alpha value is -2.06. The maximum absolute atomic E-state index is 12.3. The largest absolute Gasteiger partial charge is 0.479 e. The Balaban J connectivity index is 1.92. The third-order valence-electron chi connectivity index (χ3n) is 4.31. The monoisotopic (exact) mass is 316 g/mol. The van der Waals surface area contributed by atoms with Crippen molar-refractivity contribution in [2.75, 3.05) is 13.2 Å². The summed E-state index contributed by atoms with van der Waals surface area (Å²) in [6.45, 7) is 0.123. The van der Waals surface area contributed by atoms with Gasteiger partial charge in [0, 0.05) is 18.6 Å². The first-order chi connectivity index (χ1) is 11.2. The summed E-state index contributed by atoms with van der Waals surface area (Å²) < 4.78 is 5.25. The molecule has 23 heavy (non-hydrogen) atoms. The number of nitriles is 1. The molecule has 1 aromatic carbocycles. The molecule has 0 spiro atoms. The fraction of sp³-hybridized carbons (Fsp3) is 0.556. The molecule has 1 aromatic rings. The van der Waals surface area contributed by atoms with Crippen LogP contribution >= 0.6 is 0 Å². The van der Waals surface area contributed by atoms with Gasteiger partial charge in [-0.25, -0.2) is 0 Å². The summed E-state index contributed by atoms with van der Waals surface area (Å²) in [5, 5.41) is 21.1. The van der Waals surface area contributed by atoms with E-state index in [9.17, 15) is 9.90 Å². The smallest absolute Gasteiger partial charge is 0.224 e. The number of hydrogen-bond acceptors (Lipinski definition) is 4. The fourth-order valence-electron chi connectivity index (χ4n) is 3.10. The molecule has 0 saturated heterocycles. The molecule has 0 aliphatic heterocycles. The number of aliphatic hydroxyl groups excluding tert-OH is 1. The standard InChI is InChI=1S/C18H24N2O3/c19-9-10-23-16-7-4-5-14(11-16)12-18(22)20-17-8-3-1-2-6-15(17)13-21/h4-5,7,11,15,17,21H,1-3,6,8,10,12-13H2,(H,20,22). The minimum atomic E-state index is -0.0345. The van der Waals surface area contributed by atoms with Gasteiger partial charge in [-0.15, -0.1) is 0 Å². The number of hydrogen-bond donors (Lipinski definition) is 2. The van der Waals surface area contributed by atoms with Gasteiger partial charge < -0.3 is 15.2 Å². The van der Waals surface area contributed by atoms with Gasteiger partial charge in [0.05, 0.1) is 6.42 Å². The Morgan fingerprint density at radius 2 is 2.17 bits per heavy atom. The summed E-state index contributed by atoms with van der Waals surface area (Å²) in [6, 6.07) is 9.23. The highest BCUT2D eigenvalue weighted by atomic mass is 16.5. The van der Waals surface area contributed by atoms with Crippen LogP contribution in [-0.2, 0) is 11.2 Å². The third-order valence-corrected chi connectivity index (χ3v) is 4.31. The predicted molar refractivity (Wildman–Crippen MR) is 86.8 cm³/mol. The second-order valence-electron chi connectivity index (χ2n) is 6.03. The van der Waals surface area contributed by atoms with Gasteiger partial charge >= 0.3 is 0 Å². The van der Waals surface area contributed by atoms with Crippen LogP contribution in [0.5, 0.6) is 5.75 Å².